The molecule has 0 bridgehead atoms. The first-order valence-electron chi connectivity index (χ1n) is 8.44. The number of H-pyrrole nitrogens is 1. The lowest BCUT2D eigenvalue weighted by Gasteiger charge is -2.18. The monoisotopic (exact) mass is 368 g/mol. The number of carboxylic acid groups (broad SMARTS) is 1. The Hall–Kier alpha value is -3.16. The summed E-state index contributed by atoms with van der Waals surface area (Å²) in [5, 5.41) is 31.6. The minimum atomic E-state index is -1.87. The van der Waals surface area contributed by atoms with E-state index < -0.39 is 23.7 Å². The van der Waals surface area contributed by atoms with E-state index in [1.165, 1.54) is 24.3 Å². The molecule has 1 heterocycles. The van der Waals surface area contributed by atoms with Gasteiger partial charge in [-0.25, -0.2) is 4.79 Å². The predicted molar refractivity (Wildman–Crippen MR) is 99.7 cm³/mol. The van der Waals surface area contributed by atoms with E-state index in [9.17, 15) is 24.9 Å². The number of fused-ring (bicyclic) bond motifs is 1. The molecule has 0 unspecified atom stereocenters. The number of para-hydroxylation sites is 1. The van der Waals surface area contributed by atoms with Crippen LogP contribution in [0.15, 0.2) is 66.4 Å². The Morgan fingerprint density at radius 1 is 1.30 bits per heavy atom. The van der Waals surface area contributed by atoms with Gasteiger partial charge >= 0.3 is 5.97 Å². The number of rotatable bonds is 6. The average Bonchev–Trinajstić information content (AvgIpc) is 3.03. The third-order valence-electron chi connectivity index (χ3n) is 4.32. The minimum absolute atomic E-state index is 0.0170. The zero-order valence-electron chi connectivity index (χ0n) is 14.4. The molecule has 1 atom stereocenters. The van der Waals surface area contributed by atoms with Crippen LogP contribution in [0.5, 0.6) is 0 Å². The van der Waals surface area contributed by atoms with E-state index in [4.69, 9.17) is 0 Å². The van der Waals surface area contributed by atoms with Crippen LogP contribution in [0.3, 0.4) is 0 Å². The fourth-order valence-corrected chi connectivity index (χ4v) is 2.87. The molecule has 0 saturated carbocycles. The molecule has 0 fully saturated rings. The smallest absolute Gasteiger partial charge is 0.326 e. The lowest BCUT2D eigenvalue weighted by atomic mass is 10.0. The number of aromatic amines is 1. The number of allylic oxidation sites excluding steroid dienone is 3. The Balaban J connectivity index is 1.65. The standard InChI is InChI=1S/C20H20N2O5/c23-18(6-5-13-7-9-20(26,27)10-8-13)22-17(19(24)25)11-14-12-21-16-4-2-1-3-15(14)16/h1-9,12,17,21,26-27H,10-11H2,(H,22,23)(H,24,25)/b6-5+/t17-/m0/s1. The molecule has 1 aromatic heterocycles. The molecule has 0 spiro atoms. The third kappa shape index (κ3) is 4.72. The molecular weight excluding hydrogens is 348 g/mol. The highest BCUT2D eigenvalue weighted by molar-refractivity contribution is 5.92. The molecule has 1 aliphatic rings. The number of aromatic nitrogens is 1. The van der Waals surface area contributed by atoms with Crippen LogP contribution in [0.1, 0.15) is 12.0 Å². The SMILES string of the molecule is O=C(/C=C/C1=CCC(O)(O)C=C1)N[C@@H](Cc1c[nH]c2ccccc12)C(=O)O. The van der Waals surface area contributed by atoms with E-state index in [0.29, 0.717) is 5.57 Å². The molecule has 7 nitrogen and oxygen atoms in total. The van der Waals surface area contributed by atoms with Gasteiger partial charge in [0.2, 0.25) is 5.91 Å². The summed E-state index contributed by atoms with van der Waals surface area (Å²) in [4.78, 5) is 26.7. The number of aliphatic hydroxyl groups is 2. The van der Waals surface area contributed by atoms with Crippen molar-refractivity contribution in [2.24, 2.45) is 0 Å². The highest BCUT2D eigenvalue weighted by Gasteiger charge is 2.22. The topological polar surface area (TPSA) is 123 Å². The van der Waals surface area contributed by atoms with Crippen molar-refractivity contribution in [1.82, 2.24) is 10.3 Å². The van der Waals surface area contributed by atoms with Crippen molar-refractivity contribution < 1.29 is 24.9 Å². The van der Waals surface area contributed by atoms with Crippen molar-refractivity contribution in [2.75, 3.05) is 0 Å². The average molecular weight is 368 g/mol. The summed E-state index contributed by atoms with van der Waals surface area (Å²) in [7, 11) is 0. The first-order valence-corrected chi connectivity index (χ1v) is 8.44. The Labute approximate surface area is 155 Å². The minimum Gasteiger partial charge on any atom is -0.480 e. The number of carbonyl (C=O) groups is 2. The molecule has 0 radical (unpaired) electrons. The maximum atomic E-state index is 12.1. The fourth-order valence-electron chi connectivity index (χ4n) is 2.87. The van der Waals surface area contributed by atoms with E-state index in [1.807, 2.05) is 24.3 Å². The van der Waals surface area contributed by atoms with Crippen molar-refractivity contribution >= 4 is 22.8 Å². The summed E-state index contributed by atoms with van der Waals surface area (Å²) in [6.07, 6.45) is 8.91. The van der Waals surface area contributed by atoms with Gasteiger partial charge in [0.05, 0.1) is 0 Å². The maximum Gasteiger partial charge on any atom is 0.326 e. The molecule has 27 heavy (non-hydrogen) atoms. The lowest BCUT2D eigenvalue weighted by molar-refractivity contribution is -0.141. The summed E-state index contributed by atoms with van der Waals surface area (Å²) in [5.74, 6) is -3.53. The molecule has 7 heteroatoms. The van der Waals surface area contributed by atoms with E-state index in [2.05, 4.69) is 10.3 Å². The van der Waals surface area contributed by atoms with E-state index in [0.717, 1.165) is 16.5 Å². The van der Waals surface area contributed by atoms with Gasteiger partial charge < -0.3 is 25.6 Å². The van der Waals surface area contributed by atoms with Gasteiger partial charge in [0, 0.05) is 36.0 Å². The molecule has 0 saturated heterocycles. The van der Waals surface area contributed by atoms with Gasteiger partial charge in [-0.1, -0.05) is 30.4 Å². The second kappa shape index (κ2) is 7.61. The normalized spacial score (nSPS) is 17.0. The summed E-state index contributed by atoms with van der Waals surface area (Å²) >= 11 is 0. The van der Waals surface area contributed by atoms with Crippen molar-refractivity contribution in [1.29, 1.82) is 0 Å². The van der Waals surface area contributed by atoms with Crippen LogP contribution >= 0.6 is 0 Å². The third-order valence-corrected chi connectivity index (χ3v) is 4.32. The summed E-state index contributed by atoms with van der Waals surface area (Å²) in [6.45, 7) is 0. The number of carbonyl (C=O) groups excluding carboxylic acids is 1. The summed E-state index contributed by atoms with van der Waals surface area (Å²) in [6, 6.07) is 6.48. The number of hydrogen-bond acceptors (Lipinski definition) is 4. The maximum absolute atomic E-state index is 12.1. The molecule has 140 valence electrons. The number of amides is 1. The Morgan fingerprint density at radius 2 is 2.07 bits per heavy atom. The Morgan fingerprint density at radius 3 is 2.78 bits per heavy atom. The first-order chi connectivity index (χ1) is 12.8. The zero-order valence-corrected chi connectivity index (χ0v) is 14.4. The van der Waals surface area contributed by atoms with Crippen LogP contribution < -0.4 is 5.32 Å². The molecule has 1 aromatic carbocycles. The van der Waals surface area contributed by atoms with Gasteiger partial charge in [-0.3, -0.25) is 4.79 Å². The van der Waals surface area contributed by atoms with Crippen molar-refractivity contribution in [3.05, 3.63) is 72.0 Å². The molecular formula is C20H20N2O5. The largest absolute Gasteiger partial charge is 0.480 e. The Kier molecular flexibility index (Phi) is 5.25. The number of carboxylic acids is 1. The van der Waals surface area contributed by atoms with Crippen LogP contribution in [-0.2, 0) is 16.0 Å². The van der Waals surface area contributed by atoms with Gasteiger partial charge in [0.1, 0.15) is 6.04 Å². The number of nitrogens with one attached hydrogen (secondary N) is 2. The second-order valence-corrected chi connectivity index (χ2v) is 6.42. The van der Waals surface area contributed by atoms with Crippen LogP contribution in [0.4, 0.5) is 0 Å². The van der Waals surface area contributed by atoms with Crippen LogP contribution in [0.25, 0.3) is 10.9 Å². The fraction of sp³-hybridized carbons (Fsp3) is 0.200. The van der Waals surface area contributed by atoms with Crippen LogP contribution in [-0.4, -0.2) is 44.0 Å². The van der Waals surface area contributed by atoms with Gasteiger partial charge in [0.25, 0.3) is 0 Å². The van der Waals surface area contributed by atoms with E-state index >= 15 is 0 Å². The molecule has 1 aliphatic carbocycles. The first kappa shape index (κ1) is 18.6. The number of benzene rings is 1. The zero-order chi connectivity index (χ0) is 19.4. The summed E-state index contributed by atoms with van der Waals surface area (Å²) < 4.78 is 0. The van der Waals surface area contributed by atoms with Crippen LogP contribution in [0.2, 0.25) is 0 Å². The van der Waals surface area contributed by atoms with Crippen LogP contribution in [0, 0.1) is 0 Å². The van der Waals surface area contributed by atoms with Gasteiger partial charge in [-0.05, 0) is 29.4 Å². The lowest BCUT2D eigenvalue weighted by Crippen LogP contribution is -2.41. The molecule has 3 rings (SSSR count). The molecule has 1 amide bonds. The second-order valence-electron chi connectivity index (χ2n) is 6.42. The van der Waals surface area contributed by atoms with Gasteiger partial charge in [-0.2, -0.15) is 0 Å². The summed E-state index contributed by atoms with van der Waals surface area (Å²) in [5.41, 5.74) is 2.34. The van der Waals surface area contributed by atoms with Crippen molar-refractivity contribution in [3.63, 3.8) is 0 Å². The number of aliphatic carboxylic acids is 1. The Bertz CT molecular complexity index is 952. The molecule has 5 N–H and O–H groups in total. The van der Waals surface area contributed by atoms with Gasteiger partial charge in [-0.15, -0.1) is 0 Å². The van der Waals surface area contributed by atoms with E-state index in [1.54, 1.807) is 12.3 Å². The predicted octanol–water partition coefficient (Wildman–Crippen LogP) is 1.40. The van der Waals surface area contributed by atoms with Crippen molar-refractivity contribution in [2.45, 2.75) is 24.7 Å². The highest BCUT2D eigenvalue weighted by Crippen LogP contribution is 2.20. The van der Waals surface area contributed by atoms with E-state index in [-0.39, 0.29) is 12.8 Å². The van der Waals surface area contributed by atoms with Gasteiger partial charge in [0.15, 0.2) is 5.79 Å². The quantitative estimate of drug-likeness (QED) is 0.390. The highest BCUT2D eigenvalue weighted by atomic mass is 16.5. The molecule has 0 aliphatic heterocycles. The number of hydrogen-bond donors (Lipinski definition) is 5. The van der Waals surface area contributed by atoms with Crippen molar-refractivity contribution in [3.8, 4) is 0 Å². The molecule has 2 aromatic rings.